The zero-order chi connectivity index (χ0) is 21.7. The highest BCUT2D eigenvalue weighted by molar-refractivity contribution is 6.31. The first kappa shape index (κ1) is 20.6. The molecule has 1 fully saturated rings. The molecule has 3 aromatic rings. The molecule has 1 aliphatic rings. The molecule has 1 saturated heterocycles. The van der Waals surface area contributed by atoms with Crippen molar-refractivity contribution >= 4 is 28.7 Å². The third kappa shape index (κ3) is 3.31. The number of aromatic nitrogens is 4. The maximum Gasteiger partial charge on any atom is 0.332 e. The molecule has 0 N–H and O–H groups in total. The molecule has 4 rings (SSSR count). The summed E-state index contributed by atoms with van der Waals surface area (Å²) < 4.78 is 24.4. The van der Waals surface area contributed by atoms with Crippen LogP contribution in [0.1, 0.15) is 19.4 Å². The van der Waals surface area contributed by atoms with Crippen LogP contribution < -0.4 is 16.1 Å². The smallest absolute Gasteiger partial charge is 0.332 e. The minimum Gasteiger partial charge on any atom is -0.372 e. The number of imidazole rings is 1. The number of anilines is 1. The van der Waals surface area contributed by atoms with Crippen molar-refractivity contribution in [2.75, 3.05) is 18.0 Å². The maximum atomic E-state index is 14.6. The summed E-state index contributed by atoms with van der Waals surface area (Å²) in [4.78, 5) is 32.1. The van der Waals surface area contributed by atoms with Crippen molar-refractivity contribution in [2.24, 2.45) is 14.1 Å². The van der Waals surface area contributed by atoms with Crippen molar-refractivity contribution < 1.29 is 9.13 Å². The Morgan fingerprint density at radius 1 is 1.17 bits per heavy atom. The molecule has 0 unspecified atom stereocenters. The van der Waals surface area contributed by atoms with Gasteiger partial charge in [0, 0.05) is 37.8 Å². The van der Waals surface area contributed by atoms with Crippen LogP contribution in [-0.2, 0) is 25.4 Å². The Morgan fingerprint density at radius 2 is 1.83 bits per heavy atom. The van der Waals surface area contributed by atoms with Crippen LogP contribution in [0.5, 0.6) is 0 Å². The van der Waals surface area contributed by atoms with E-state index in [4.69, 9.17) is 16.3 Å². The van der Waals surface area contributed by atoms with Crippen molar-refractivity contribution in [2.45, 2.75) is 32.6 Å². The Bertz CT molecular complexity index is 1220. The van der Waals surface area contributed by atoms with E-state index in [9.17, 15) is 14.0 Å². The van der Waals surface area contributed by atoms with Gasteiger partial charge in [0.2, 0.25) is 5.95 Å². The second-order valence-corrected chi connectivity index (χ2v) is 8.15. The number of morpholine rings is 1. The lowest BCUT2D eigenvalue weighted by Gasteiger charge is -2.36. The molecule has 160 valence electrons. The van der Waals surface area contributed by atoms with Gasteiger partial charge in [0.05, 0.1) is 18.8 Å². The average Bonchev–Trinajstić information content (AvgIpc) is 3.06. The molecule has 10 heteroatoms. The Balaban J connectivity index is 2.00. The summed E-state index contributed by atoms with van der Waals surface area (Å²) >= 11 is 6.26. The molecule has 2 atom stereocenters. The van der Waals surface area contributed by atoms with Crippen LogP contribution in [0.15, 0.2) is 27.8 Å². The maximum absolute atomic E-state index is 14.6. The van der Waals surface area contributed by atoms with E-state index < -0.39 is 17.1 Å². The highest BCUT2D eigenvalue weighted by Crippen LogP contribution is 2.27. The molecule has 2 aromatic heterocycles. The highest BCUT2D eigenvalue weighted by atomic mass is 35.5. The van der Waals surface area contributed by atoms with Gasteiger partial charge in [-0.05, 0) is 26.0 Å². The Hall–Kier alpha value is -2.65. The third-order valence-corrected chi connectivity index (χ3v) is 5.76. The van der Waals surface area contributed by atoms with Gasteiger partial charge < -0.3 is 9.64 Å². The van der Waals surface area contributed by atoms with Gasteiger partial charge in [-0.25, -0.2) is 9.18 Å². The van der Waals surface area contributed by atoms with Gasteiger partial charge in [-0.3, -0.25) is 18.5 Å². The summed E-state index contributed by atoms with van der Waals surface area (Å²) in [5, 5.41) is 0.258. The average molecular weight is 436 g/mol. The summed E-state index contributed by atoms with van der Waals surface area (Å²) in [5.74, 6) is 0.00489. The number of nitrogens with zero attached hydrogens (tertiary/aromatic N) is 5. The standard InChI is InChI=1S/C20H23ClFN5O3/c1-11-8-26(9-12(2)30-11)19-23-17-16(18(28)25(4)20(29)24(17)3)27(19)10-13-14(21)6-5-7-15(13)22/h5-7,11-12H,8-10H2,1-4H3/t11-,12-/m0/s1. The molecule has 0 spiro atoms. The molecular weight excluding hydrogens is 413 g/mol. The Kier molecular flexibility index (Phi) is 5.19. The molecular formula is C20H23ClFN5O3. The van der Waals surface area contributed by atoms with Crippen molar-refractivity contribution in [1.82, 2.24) is 18.7 Å². The van der Waals surface area contributed by atoms with Crippen LogP contribution in [0.4, 0.5) is 10.3 Å². The first-order valence-corrected chi connectivity index (χ1v) is 10.1. The number of rotatable bonds is 3. The SMILES string of the molecule is C[C@H]1CN(c2nc3c(c(=O)n(C)c(=O)n3C)n2Cc2c(F)cccc2Cl)C[C@H](C)O1. The van der Waals surface area contributed by atoms with Gasteiger partial charge in [0.15, 0.2) is 11.2 Å². The van der Waals surface area contributed by atoms with E-state index >= 15 is 0 Å². The largest absolute Gasteiger partial charge is 0.372 e. The van der Waals surface area contributed by atoms with Crippen molar-refractivity contribution in [3.63, 3.8) is 0 Å². The van der Waals surface area contributed by atoms with Crippen molar-refractivity contribution in [1.29, 1.82) is 0 Å². The van der Waals surface area contributed by atoms with E-state index in [1.54, 1.807) is 17.7 Å². The molecule has 0 saturated carbocycles. The summed E-state index contributed by atoms with van der Waals surface area (Å²) in [6.07, 6.45) is -0.101. The Labute approximate surface area is 177 Å². The van der Waals surface area contributed by atoms with Crippen LogP contribution in [0.3, 0.4) is 0 Å². The van der Waals surface area contributed by atoms with E-state index in [2.05, 4.69) is 4.98 Å². The first-order valence-electron chi connectivity index (χ1n) is 9.68. The third-order valence-electron chi connectivity index (χ3n) is 5.41. The molecule has 30 heavy (non-hydrogen) atoms. The van der Waals surface area contributed by atoms with Gasteiger partial charge in [-0.15, -0.1) is 0 Å². The van der Waals surface area contributed by atoms with Crippen LogP contribution >= 0.6 is 11.6 Å². The quantitative estimate of drug-likeness (QED) is 0.628. The lowest BCUT2D eigenvalue weighted by atomic mass is 10.2. The highest BCUT2D eigenvalue weighted by Gasteiger charge is 2.29. The summed E-state index contributed by atoms with van der Waals surface area (Å²) in [5.41, 5.74) is -0.243. The fourth-order valence-corrected chi connectivity index (χ4v) is 4.23. The molecule has 1 aliphatic heterocycles. The van der Waals surface area contributed by atoms with E-state index in [1.165, 1.54) is 23.7 Å². The number of benzene rings is 1. The van der Waals surface area contributed by atoms with Crippen LogP contribution in [-0.4, -0.2) is 44.0 Å². The molecule has 0 bridgehead atoms. The molecule has 8 nitrogen and oxygen atoms in total. The fraction of sp³-hybridized carbons (Fsp3) is 0.450. The van der Waals surface area contributed by atoms with Gasteiger partial charge in [0.1, 0.15) is 5.82 Å². The van der Waals surface area contributed by atoms with Crippen LogP contribution in [0.25, 0.3) is 11.2 Å². The Morgan fingerprint density at radius 3 is 2.47 bits per heavy atom. The lowest BCUT2D eigenvalue weighted by Crippen LogP contribution is -2.46. The number of aryl methyl sites for hydroxylation is 1. The number of fused-ring (bicyclic) bond motifs is 1. The minimum atomic E-state index is -0.492. The summed E-state index contributed by atoms with van der Waals surface area (Å²) in [7, 11) is 2.97. The lowest BCUT2D eigenvalue weighted by molar-refractivity contribution is -0.00586. The zero-order valence-corrected chi connectivity index (χ0v) is 18.0. The number of hydrogen-bond donors (Lipinski definition) is 0. The van der Waals surface area contributed by atoms with E-state index in [1.807, 2.05) is 18.7 Å². The minimum absolute atomic E-state index is 0.00486. The first-order chi connectivity index (χ1) is 14.2. The fourth-order valence-electron chi connectivity index (χ4n) is 4.01. The molecule has 0 amide bonds. The number of halogens is 2. The normalized spacial score (nSPS) is 19.6. The monoisotopic (exact) mass is 435 g/mol. The van der Waals surface area contributed by atoms with E-state index in [0.29, 0.717) is 19.0 Å². The second-order valence-electron chi connectivity index (χ2n) is 7.74. The van der Waals surface area contributed by atoms with Gasteiger partial charge >= 0.3 is 5.69 Å². The topological polar surface area (TPSA) is 74.3 Å². The van der Waals surface area contributed by atoms with Gasteiger partial charge in [-0.2, -0.15) is 4.98 Å². The van der Waals surface area contributed by atoms with Crippen molar-refractivity contribution in [3.8, 4) is 0 Å². The molecule has 1 aromatic carbocycles. The molecule has 3 heterocycles. The predicted octanol–water partition coefficient (Wildman–Crippen LogP) is 1.89. The summed E-state index contributed by atoms with van der Waals surface area (Å²) in [6, 6.07) is 4.46. The zero-order valence-electron chi connectivity index (χ0n) is 17.2. The number of hydrogen-bond acceptors (Lipinski definition) is 5. The van der Waals surface area contributed by atoms with Crippen LogP contribution in [0, 0.1) is 5.82 Å². The molecule has 0 radical (unpaired) electrons. The predicted molar refractivity (Wildman–Crippen MR) is 113 cm³/mol. The van der Waals surface area contributed by atoms with Crippen molar-refractivity contribution in [3.05, 3.63) is 55.4 Å². The van der Waals surface area contributed by atoms with Crippen LogP contribution in [0.2, 0.25) is 5.02 Å². The van der Waals surface area contributed by atoms with Gasteiger partial charge in [-0.1, -0.05) is 17.7 Å². The van der Waals surface area contributed by atoms with Gasteiger partial charge in [0.25, 0.3) is 5.56 Å². The summed E-state index contributed by atoms with van der Waals surface area (Å²) in [6.45, 7) is 5.01. The van der Waals surface area contributed by atoms with E-state index in [-0.39, 0.29) is 40.5 Å². The molecule has 0 aliphatic carbocycles. The second kappa shape index (κ2) is 7.55. The number of ether oxygens (including phenoxy) is 1. The van der Waals surface area contributed by atoms with E-state index in [0.717, 1.165) is 4.57 Å².